The number of hydrogen-bond acceptors (Lipinski definition) is 7. The molecule has 0 unspecified atom stereocenters. The highest BCUT2D eigenvalue weighted by Gasteiger charge is 2.09. The number of carbonyl (C=O) groups excluding carboxylic acids is 1. The van der Waals surface area contributed by atoms with Crippen LogP contribution in [-0.4, -0.2) is 25.9 Å². The molecule has 2 aromatic heterocycles. The fourth-order valence-electron chi connectivity index (χ4n) is 3.01. The minimum atomic E-state index is -0.499. The van der Waals surface area contributed by atoms with Gasteiger partial charge >= 0.3 is 6.03 Å². The van der Waals surface area contributed by atoms with Crippen LogP contribution in [0, 0.1) is 17.0 Å². The summed E-state index contributed by atoms with van der Waals surface area (Å²) in [6, 6.07) is 16.0. The van der Waals surface area contributed by atoms with Crippen LogP contribution in [0.1, 0.15) is 5.56 Å². The number of non-ortho nitro benzene ring substituents is 1. The normalized spacial score (nSPS) is 10.3. The SMILES string of the molecule is Cc1ccc(NC(=O)Nc2ccc([N+](=O)[O-])cc2)cc1Nc1nccc(-c2cccnc2)n1. The first-order valence-electron chi connectivity index (χ1n) is 9.91. The van der Waals surface area contributed by atoms with Crippen molar-refractivity contribution in [2.75, 3.05) is 16.0 Å². The fraction of sp³-hybridized carbons (Fsp3) is 0.0435. The summed E-state index contributed by atoms with van der Waals surface area (Å²) in [4.78, 5) is 35.5. The molecular weight excluding hydrogens is 422 g/mol. The highest BCUT2D eigenvalue weighted by Crippen LogP contribution is 2.24. The monoisotopic (exact) mass is 441 g/mol. The van der Waals surface area contributed by atoms with Crippen LogP contribution in [0.4, 0.5) is 33.5 Å². The summed E-state index contributed by atoms with van der Waals surface area (Å²) in [5, 5.41) is 19.3. The molecule has 2 aromatic carbocycles. The number of anilines is 4. The predicted octanol–water partition coefficient (Wildman–Crippen LogP) is 5.14. The third kappa shape index (κ3) is 5.44. The van der Waals surface area contributed by atoms with Gasteiger partial charge < -0.3 is 16.0 Å². The van der Waals surface area contributed by atoms with Gasteiger partial charge in [0.25, 0.3) is 5.69 Å². The van der Waals surface area contributed by atoms with Crippen molar-refractivity contribution in [3.05, 3.63) is 94.9 Å². The van der Waals surface area contributed by atoms with Crippen LogP contribution >= 0.6 is 0 Å². The molecule has 0 fully saturated rings. The van der Waals surface area contributed by atoms with Crippen LogP contribution in [0.25, 0.3) is 11.3 Å². The lowest BCUT2D eigenvalue weighted by Gasteiger charge is -2.12. The van der Waals surface area contributed by atoms with Crippen molar-refractivity contribution in [2.45, 2.75) is 6.92 Å². The van der Waals surface area contributed by atoms with E-state index in [1.807, 2.05) is 25.1 Å². The molecule has 4 rings (SSSR count). The zero-order valence-corrected chi connectivity index (χ0v) is 17.5. The fourth-order valence-corrected chi connectivity index (χ4v) is 3.01. The number of pyridine rings is 1. The van der Waals surface area contributed by atoms with Crippen LogP contribution < -0.4 is 16.0 Å². The summed E-state index contributed by atoms with van der Waals surface area (Å²) in [6.07, 6.45) is 5.09. The van der Waals surface area contributed by atoms with E-state index in [2.05, 4.69) is 30.9 Å². The maximum Gasteiger partial charge on any atom is 0.323 e. The Labute approximate surface area is 188 Å². The molecule has 0 saturated heterocycles. The number of urea groups is 1. The molecule has 0 aliphatic carbocycles. The number of aromatic nitrogens is 3. The van der Waals surface area contributed by atoms with Crippen molar-refractivity contribution < 1.29 is 9.72 Å². The van der Waals surface area contributed by atoms with E-state index in [0.717, 1.165) is 22.5 Å². The first-order valence-corrected chi connectivity index (χ1v) is 9.91. The minimum absolute atomic E-state index is 0.0509. The molecule has 164 valence electrons. The molecule has 0 bridgehead atoms. The van der Waals surface area contributed by atoms with E-state index < -0.39 is 11.0 Å². The maximum absolute atomic E-state index is 12.3. The predicted molar refractivity (Wildman–Crippen MR) is 125 cm³/mol. The number of nitrogens with zero attached hydrogens (tertiary/aromatic N) is 4. The Balaban J connectivity index is 1.46. The smallest absolute Gasteiger partial charge is 0.323 e. The van der Waals surface area contributed by atoms with Crippen molar-refractivity contribution in [1.29, 1.82) is 0 Å². The second kappa shape index (κ2) is 9.52. The second-order valence-electron chi connectivity index (χ2n) is 7.04. The quantitative estimate of drug-likeness (QED) is 0.278. The molecular formula is C23H19N7O3. The first-order chi connectivity index (χ1) is 16.0. The average Bonchev–Trinajstić information content (AvgIpc) is 2.82. The van der Waals surface area contributed by atoms with E-state index in [4.69, 9.17) is 0 Å². The van der Waals surface area contributed by atoms with E-state index in [1.54, 1.807) is 36.8 Å². The topological polar surface area (TPSA) is 135 Å². The van der Waals surface area contributed by atoms with Crippen LogP contribution in [0.15, 0.2) is 79.3 Å². The van der Waals surface area contributed by atoms with Crippen molar-refractivity contribution in [1.82, 2.24) is 15.0 Å². The summed E-state index contributed by atoms with van der Waals surface area (Å²) in [7, 11) is 0. The Morgan fingerprint density at radius 1 is 0.970 bits per heavy atom. The van der Waals surface area contributed by atoms with Crippen LogP contribution in [0.3, 0.4) is 0 Å². The molecule has 0 saturated carbocycles. The van der Waals surface area contributed by atoms with Crippen molar-refractivity contribution in [2.24, 2.45) is 0 Å². The largest absolute Gasteiger partial charge is 0.324 e. The highest BCUT2D eigenvalue weighted by atomic mass is 16.6. The first kappa shape index (κ1) is 21.4. The Kier molecular flexibility index (Phi) is 6.17. The number of carbonyl (C=O) groups is 1. The van der Waals surface area contributed by atoms with Gasteiger partial charge in [-0.25, -0.2) is 14.8 Å². The number of benzene rings is 2. The summed E-state index contributed by atoms with van der Waals surface area (Å²) in [5.41, 5.74) is 4.20. The molecule has 0 atom stereocenters. The number of nitro groups is 1. The van der Waals surface area contributed by atoms with Gasteiger partial charge in [0.2, 0.25) is 5.95 Å². The van der Waals surface area contributed by atoms with Crippen LogP contribution in [0.2, 0.25) is 0 Å². The third-order valence-electron chi connectivity index (χ3n) is 4.69. The summed E-state index contributed by atoms with van der Waals surface area (Å²) >= 11 is 0. The zero-order valence-electron chi connectivity index (χ0n) is 17.5. The van der Waals surface area contributed by atoms with Gasteiger partial charge in [0.15, 0.2) is 0 Å². The molecule has 33 heavy (non-hydrogen) atoms. The van der Waals surface area contributed by atoms with Gasteiger partial charge in [0, 0.05) is 53.3 Å². The molecule has 0 radical (unpaired) electrons. The summed E-state index contributed by atoms with van der Waals surface area (Å²) < 4.78 is 0. The minimum Gasteiger partial charge on any atom is -0.324 e. The van der Waals surface area contributed by atoms with E-state index in [-0.39, 0.29) is 5.69 Å². The lowest BCUT2D eigenvalue weighted by Crippen LogP contribution is -2.19. The Morgan fingerprint density at radius 2 is 1.73 bits per heavy atom. The molecule has 10 nitrogen and oxygen atoms in total. The van der Waals surface area contributed by atoms with Gasteiger partial charge in [-0.3, -0.25) is 15.1 Å². The van der Waals surface area contributed by atoms with Crippen LogP contribution in [-0.2, 0) is 0 Å². The van der Waals surface area contributed by atoms with Gasteiger partial charge in [-0.05, 0) is 55.0 Å². The van der Waals surface area contributed by atoms with Crippen molar-refractivity contribution in [3.63, 3.8) is 0 Å². The summed E-state index contributed by atoms with van der Waals surface area (Å²) in [6.45, 7) is 1.92. The maximum atomic E-state index is 12.3. The highest BCUT2D eigenvalue weighted by molar-refractivity contribution is 6.00. The van der Waals surface area contributed by atoms with Crippen molar-refractivity contribution >= 4 is 34.7 Å². The lowest BCUT2D eigenvalue weighted by atomic mass is 10.2. The molecule has 4 aromatic rings. The van der Waals surface area contributed by atoms with Crippen LogP contribution in [0.5, 0.6) is 0 Å². The number of rotatable bonds is 6. The van der Waals surface area contributed by atoms with Gasteiger partial charge in [-0.2, -0.15) is 0 Å². The average molecular weight is 441 g/mol. The zero-order chi connectivity index (χ0) is 23.2. The molecule has 10 heteroatoms. The van der Waals surface area contributed by atoms with E-state index in [0.29, 0.717) is 17.3 Å². The van der Waals surface area contributed by atoms with E-state index in [9.17, 15) is 14.9 Å². The van der Waals surface area contributed by atoms with Gasteiger partial charge in [-0.15, -0.1) is 0 Å². The summed E-state index contributed by atoms with van der Waals surface area (Å²) in [5.74, 6) is 0.409. The number of aryl methyl sites for hydroxylation is 1. The number of amides is 2. The van der Waals surface area contributed by atoms with E-state index in [1.165, 1.54) is 24.3 Å². The van der Waals surface area contributed by atoms with Gasteiger partial charge in [-0.1, -0.05) is 6.07 Å². The molecule has 2 amide bonds. The standard InChI is InChI=1S/C23H19N7O3/c1-15-4-5-18(27-23(31)26-17-6-8-19(9-7-17)30(32)33)13-21(15)29-22-25-12-10-20(28-22)16-3-2-11-24-14-16/h2-14H,1H3,(H,25,28,29)(H2,26,27,31). The van der Waals surface area contributed by atoms with Crippen molar-refractivity contribution in [3.8, 4) is 11.3 Å². The number of nitro benzene ring substituents is 1. The molecule has 0 spiro atoms. The Hall–Kier alpha value is -4.86. The molecule has 0 aliphatic heterocycles. The van der Waals surface area contributed by atoms with Gasteiger partial charge in [0.1, 0.15) is 0 Å². The Morgan fingerprint density at radius 3 is 2.45 bits per heavy atom. The Bertz CT molecular complexity index is 1300. The molecule has 0 aliphatic rings. The molecule has 2 heterocycles. The van der Waals surface area contributed by atoms with Gasteiger partial charge in [0.05, 0.1) is 10.6 Å². The molecule has 3 N–H and O–H groups in total. The third-order valence-corrected chi connectivity index (χ3v) is 4.69. The number of nitrogens with one attached hydrogen (secondary N) is 3. The second-order valence-corrected chi connectivity index (χ2v) is 7.04. The lowest BCUT2D eigenvalue weighted by molar-refractivity contribution is -0.384. The number of hydrogen-bond donors (Lipinski definition) is 3. The van der Waals surface area contributed by atoms with E-state index >= 15 is 0 Å².